The molecular weight excluding hydrogens is 228 g/mol. The fourth-order valence-electron chi connectivity index (χ4n) is 2.82. The number of hydrogen-bond acceptors (Lipinski definition) is 2. The third kappa shape index (κ3) is 1.91. The summed E-state index contributed by atoms with van der Waals surface area (Å²) in [6, 6.07) is 0. The standard InChI is InChI=1S/C14H24N2O2/c1-9(2)8-16-12(18)13(3,4)15-11(17)14(16,5)10-6-7-10/h9-10H,6-8H2,1-5H3,(H,15,17). The lowest BCUT2D eigenvalue weighted by atomic mass is 9.84. The first-order valence-corrected chi connectivity index (χ1v) is 6.84. The van der Waals surface area contributed by atoms with Gasteiger partial charge in [0.05, 0.1) is 0 Å². The van der Waals surface area contributed by atoms with Gasteiger partial charge < -0.3 is 10.2 Å². The van der Waals surface area contributed by atoms with Gasteiger partial charge in [0.15, 0.2) is 0 Å². The van der Waals surface area contributed by atoms with E-state index in [0.717, 1.165) is 12.8 Å². The summed E-state index contributed by atoms with van der Waals surface area (Å²) >= 11 is 0. The van der Waals surface area contributed by atoms with Crippen LogP contribution >= 0.6 is 0 Å². The number of hydrogen-bond donors (Lipinski definition) is 1. The van der Waals surface area contributed by atoms with Gasteiger partial charge >= 0.3 is 0 Å². The highest BCUT2D eigenvalue weighted by atomic mass is 16.2. The van der Waals surface area contributed by atoms with Gasteiger partial charge in [-0.15, -0.1) is 0 Å². The molecule has 18 heavy (non-hydrogen) atoms. The van der Waals surface area contributed by atoms with Crippen LogP contribution in [0.2, 0.25) is 0 Å². The number of nitrogens with zero attached hydrogens (tertiary/aromatic N) is 1. The van der Waals surface area contributed by atoms with E-state index in [4.69, 9.17) is 0 Å². The van der Waals surface area contributed by atoms with Crippen molar-refractivity contribution >= 4 is 11.8 Å². The van der Waals surface area contributed by atoms with Gasteiger partial charge in [-0.05, 0) is 45.4 Å². The van der Waals surface area contributed by atoms with Gasteiger partial charge in [-0.25, -0.2) is 0 Å². The molecule has 102 valence electrons. The number of carbonyl (C=O) groups is 2. The summed E-state index contributed by atoms with van der Waals surface area (Å²) in [5.74, 6) is 0.755. The van der Waals surface area contributed by atoms with Crippen LogP contribution in [0, 0.1) is 11.8 Å². The molecule has 0 spiro atoms. The van der Waals surface area contributed by atoms with E-state index in [0.29, 0.717) is 18.4 Å². The normalized spacial score (nSPS) is 31.8. The van der Waals surface area contributed by atoms with Crippen molar-refractivity contribution in [2.45, 2.75) is 58.5 Å². The van der Waals surface area contributed by atoms with Crippen molar-refractivity contribution in [1.82, 2.24) is 10.2 Å². The zero-order valence-electron chi connectivity index (χ0n) is 12.0. The first kappa shape index (κ1) is 13.4. The summed E-state index contributed by atoms with van der Waals surface area (Å²) in [6.07, 6.45) is 2.10. The van der Waals surface area contributed by atoms with Crippen molar-refractivity contribution < 1.29 is 9.59 Å². The van der Waals surface area contributed by atoms with E-state index < -0.39 is 11.1 Å². The van der Waals surface area contributed by atoms with Crippen LogP contribution in [-0.2, 0) is 9.59 Å². The van der Waals surface area contributed by atoms with Crippen LogP contribution in [-0.4, -0.2) is 34.3 Å². The molecule has 0 radical (unpaired) electrons. The zero-order chi connectivity index (χ0) is 13.7. The lowest BCUT2D eigenvalue weighted by Gasteiger charge is -2.50. The van der Waals surface area contributed by atoms with Crippen molar-refractivity contribution in [3.8, 4) is 0 Å². The first-order valence-electron chi connectivity index (χ1n) is 6.84. The van der Waals surface area contributed by atoms with Crippen LogP contribution in [0.4, 0.5) is 0 Å². The highest BCUT2D eigenvalue weighted by Gasteiger charge is 2.58. The molecule has 2 fully saturated rings. The third-order valence-corrected chi connectivity index (χ3v) is 4.15. The Kier molecular flexibility index (Phi) is 2.95. The summed E-state index contributed by atoms with van der Waals surface area (Å²) in [4.78, 5) is 26.9. The quantitative estimate of drug-likeness (QED) is 0.828. The van der Waals surface area contributed by atoms with E-state index in [2.05, 4.69) is 19.2 Å². The van der Waals surface area contributed by atoms with Crippen LogP contribution in [0.25, 0.3) is 0 Å². The minimum atomic E-state index is -0.777. The summed E-state index contributed by atoms with van der Waals surface area (Å²) in [6.45, 7) is 10.3. The summed E-state index contributed by atoms with van der Waals surface area (Å²) < 4.78 is 0. The van der Waals surface area contributed by atoms with Crippen molar-refractivity contribution in [2.75, 3.05) is 6.54 Å². The van der Waals surface area contributed by atoms with Gasteiger partial charge in [0.25, 0.3) is 0 Å². The summed E-state index contributed by atoms with van der Waals surface area (Å²) in [5.41, 5.74) is -1.42. The fourth-order valence-corrected chi connectivity index (χ4v) is 2.82. The van der Waals surface area contributed by atoms with Gasteiger partial charge in [-0.2, -0.15) is 0 Å². The molecule has 1 N–H and O–H groups in total. The number of amides is 2. The molecule has 1 unspecified atom stereocenters. The Morgan fingerprint density at radius 3 is 2.28 bits per heavy atom. The Hall–Kier alpha value is -1.06. The smallest absolute Gasteiger partial charge is 0.248 e. The average molecular weight is 252 g/mol. The molecule has 0 aromatic rings. The molecule has 0 bridgehead atoms. The minimum Gasteiger partial charge on any atom is -0.340 e. The lowest BCUT2D eigenvalue weighted by molar-refractivity contribution is -0.163. The maximum absolute atomic E-state index is 12.6. The average Bonchev–Trinajstić information content (AvgIpc) is 3.04. The lowest BCUT2D eigenvalue weighted by Crippen LogP contribution is -2.74. The molecule has 2 rings (SSSR count). The second-order valence-corrected chi connectivity index (χ2v) is 6.81. The largest absolute Gasteiger partial charge is 0.340 e. The monoisotopic (exact) mass is 252 g/mol. The Balaban J connectivity index is 2.37. The van der Waals surface area contributed by atoms with Crippen molar-refractivity contribution in [2.24, 2.45) is 11.8 Å². The topological polar surface area (TPSA) is 49.4 Å². The molecule has 1 aliphatic carbocycles. The van der Waals surface area contributed by atoms with E-state index in [1.165, 1.54) is 0 Å². The summed E-state index contributed by atoms with van der Waals surface area (Å²) in [7, 11) is 0. The summed E-state index contributed by atoms with van der Waals surface area (Å²) in [5, 5.41) is 2.89. The second kappa shape index (κ2) is 3.97. The molecule has 0 aromatic heterocycles. The fraction of sp³-hybridized carbons (Fsp3) is 0.857. The molecular formula is C14H24N2O2. The van der Waals surface area contributed by atoms with E-state index >= 15 is 0 Å². The molecule has 1 aliphatic heterocycles. The van der Waals surface area contributed by atoms with E-state index in [1.807, 2.05) is 11.8 Å². The van der Waals surface area contributed by atoms with Crippen molar-refractivity contribution in [3.63, 3.8) is 0 Å². The van der Waals surface area contributed by atoms with Gasteiger partial charge in [0.2, 0.25) is 11.8 Å². The molecule has 1 saturated heterocycles. The number of nitrogens with one attached hydrogen (secondary N) is 1. The number of rotatable bonds is 3. The molecule has 4 nitrogen and oxygen atoms in total. The highest BCUT2D eigenvalue weighted by molar-refractivity contribution is 6.02. The number of carbonyl (C=O) groups excluding carboxylic acids is 2. The predicted molar refractivity (Wildman–Crippen MR) is 69.9 cm³/mol. The maximum atomic E-state index is 12.6. The van der Waals surface area contributed by atoms with Crippen molar-refractivity contribution in [3.05, 3.63) is 0 Å². The third-order valence-electron chi connectivity index (χ3n) is 4.15. The van der Waals surface area contributed by atoms with Crippen LogP contribution < -0.4 is 5.32 Å². The maximum Gasteiger partial charge on any atom is 0.248 e. The molecule has 1 heterocycles. The Bertz CT molecular complexity index is 385. The van der Waals surface area contributed by atoms with Crippen LogP contribution in [0.5, 0.6) is 0 Å². The van der Waals surface area contributed by atoms with Crippen LogP contribution in [0.15, 0.2) is 0 Å². The zero-order valence-corrected chi connectivity index (χ0v) is 12.0. The predicted octanol–water partition coefficient (Wildman–Crippen LogP) is 1.55. The van der Waals surface area contributed by atoms with E-state index in [1.54, 1.807) is 13.8 Å². The molecule has 0 aromatic carbocycles. The van der Waals surface area contributed by atoms with E-state index in [-0.39, 0.29) is 11.8 Å². The number of piperazine rings is 1. The molecule has 2 aliphatic rings. The molecule has 1 saturated carbocycles. The van der Waals surface area contributed by atoms with E-state index in [9.17, 15) is 9.59 Å². The second-order valence-electron chi connectivity index (χ2n) is 6.81. The van der Waals surface area contributed by atoms with Gasteiger partial charge in [-0.1, -0.05) is 13.8 Å². The van der Waals surface area contributed by atoms with Crippen LogP contribution in [0.3, 0.4) is 0 Å². The SMILES string of the molecule is CC(C)CN1C(=O)C(C)(C)NC(=O)C1(C)C1CC1. The van der Waals surface area contributed by atoms with Gasteiger partial charge in [-0.3, -0.25) is 9.59 Å². The Morgan fingerprint density at radius 1 is 1.28 bits per heavy atom. The minimum absolute atomic E-state index is 0.00949. The van der Waals surface area contributed by atoms with Crippen LogP contribution in [0.1, 0.15) is 47.5 Å². The molecule has 2 amide bonds. The van der Waals surface area contributed by atoms with Gasteiger partial charge in [0, 0.05) is 6.54 Å². The molecule has 1 atom stereocenters. The highest BCUT2D eigenvalue weighted by Crippen LogP contribution is 2.45. The first-order chi connectivity index (χ1) is 8.19. The van der Waals surface area contributed by atoms with Gasteiger partial charge in [0.1, 0.15) is 11.1 Å². The molecule has 4 heteroatoms. The van der Waals surface area contributed by atoms with Crippen molar-refractivity contribution in [1.29, 1.82) is 0 Å². The Morgan fingerprint density at radius 2 is 1.83 bits per heavy atom. The Labute approximate surface area is 109 Å².